The fourth-order valence-corrected chi connectivity index (χ4v) is 8.25. The lowest BCUT2D eigenvalue weighted by Gasteiger charge is -2.64. The van der Waals surface area contributed by atoms with Gasteiger partial charge in [0.05, 0.1) is 23.4 Å². The van der Waals surface area contributed by atoms with Gasteiger partial charge in [-0.1, -0.05) is 27.7 Å². The second-order valence-corrected chi connectivity index (χ2v) is 11.9. The van der Waals surface area contributed by atoms with Crippen LogP contribution in [0.4, 0.5) is 0 Å². The van der Waals surface area contributed by atoms with Crippen molar-refractivity contribution in [2.24, 2.45) is 34.5 Å². The van der Waals surface area contributed by atoms with Gasteiger partial charge in [0.15, 0.2) is 0 Å². The number of fused-ring (bicyclic) bond motifs is 3. The highest BCUT2D eigenvalue weighted by Gasteiger charge is 2.73. The summed E-state index contributed by atoms with van der Waals surface area (Å²) < 4.78 is 26.3. The van der Waals surface area contributed by atoms with Crippen LogP contribution in [0.15, 0.2) is 0 Å². The second kappa shape index (κ2) is 4.99. The lowest BCUT2D eigenvalue weighted by atomic mass is 9.43. The fourth-order valence-electron chi connectivity index (χ4n) is 8.25. The third-order valence-corrected chi connectivity index (χ3v) is 10.7. The van der Waals surface area contributed by atoms with Crippen molar-refractivity contribution in [2.45, 2.75) is 97.1 Å². The summed E-state index contributed by atoms with van der Waals surface area (Å²) in [5, 5.41) is 0. The minimum atomic E-state index is -0.377. The Bertz CT molecular complexity index is 687. The third-order valence-electron chi connectivity index (χ3n) is 10.7. The molecule has 9 atom stereocenters. The van der Waals surface area contributed by atoms with E-state index in [9.17, 15) is 0 Å². The zero-order valence-corrected chi connectivity index (χ0v) is 17.8. The first-order valence-electron chi connectivity index (χ1n) is 11.3. The SMILES string of the molecule is C[C@H]1CC2OB(B3OC4C[C@@H]5C[C@@H](C5(C)C)[C@]4(C)O3)O[C@@]2(C)[C@H]2CC[C@@]12C. The van der Waals surface area contributed by atoms with Crippen molar-refractivity contribution in [3.8, 4) is 0 Å². The summed E-state index contributed by atoms with van der Waals surface area (Å²) in [6.45, 7) is 14.2. The molecule has 2 bridgehead atoms. The van der Waals surface area contributed by atoms with Gasteiger partial charge in [0.25, 0.3) is 0 Å². The summed E-state index contributed by atoms with van der Waals surface area (Å²) in [6, 6.07) is 0. The molecule has 0 N–H and O–H groups in total. The summed E-state index contributed by atoms with van der Waals surface area (Å²) in [7, 11) is -0.753. The maximum Gasteiger partial charge on any atom is 0.488 e. The Morgan fingerprint density at radius 2 is 1.37 bits per heavy atom. The molecule has 27 heavy (non-hydrogen) atoms. The Hall–Kier alpha value is -0.0301. The summed E-state index contributed by atoms with van der Waals surface area (Å²) in [5.41, 5.74) is 0.395. The molecule has 2 saturated heterocycles. The summed E-state index contributed by atoms with van der Waals surface area (Å²) in [6.07, 6.45) is 6.42. The Morgan fingerprint density at radius 1 is 0.778 bits per heavy atom. The van der Waals surface area contributed by atoms with Gasteiger partial charge in [-0.25, -0.2) is 0 Å². The van der Waals surface area contributed by atoms with Crippen LogP contribution in [0.1, 0.15) is 73.6 Å². The zero-order chi connectivity index (χ0) is 19.0. The Labute approximate surface area is 164 Å². The van der Waals surface area contributed by atoms with Gasteiger partial charge in [0.2, 0.25) is 0 Å². The molecule has 7 aliphatic rings. The number of rotatable bonds is 1. The number of hydrogen-bond donors (Lipinski definition) is 0. The van der Waals surface area contributed by atoms with E-state index in [-0.39, 0.29) is 37.4 Å². The first-order chi connectivity index (χ1) is 12.6. The van der Waals surface area contributed by atoms with Crippen LogP contribution in [0.3, 0.4) is 0 Å². The largest absolute Gasteiger partial charge is 0.488 e. The van der Waals surface area contributed by atoms with Crippen LogP contribution in [0.5, 0.6) is 0 Å². The molecule has 0 aromatic carbocycles. The van der Waals surface area contributed by atoms with Crippen molar-refractivity contribution < 1.29 is 18.6 Å². The quantitative estimate of drug-likeness (QED) is 0.654. The van der Waals surface area contributed by atoms with Crippen LogP contribution in [-0.2, 0) is 18.6 Å². The predicted octanol–water partition coefficient (Wildman–Crippen LogP) is 3.91. The van der Waals surface area contributed by atoms with Crippen LogP contribution in [-0.4, -0.2) is 37.4 Å². The average Bonchev–Trinajstić information content (AvgIpc) is 3.09. The third kappa shape index (κ3) is 1.93. The van der Waals surface area contributed by atoms with Gasteiger partial charge in [-0.3, -0.25) is 0 Å². The zero-order valence-electron chi connectivity index (χ0n) is 17.8. The minimum Gasteiger partial charge on any atom is -0.407 e. The summed E-state index contributed by atoms with van der Waals surface area (Å²) in [4.78, 5) is 0. The smallest absolute Gasteiger partial charge is 0.407 e. The molecule has 2 aliphatic heterocycles. The van der Waals surface area contributed by atoms with E-state index in [0.29, 0.717) is 28.6 Å². The van der Waals surface area contributed by atoms with E-state index in [1.807, 2.05) is 0 Å². The van der Waals surface area contributed by atoms with Gasteiger partial charge in [0.1, 0.15) is 0 Å². The molecule has 0 radical (unpaired) electrons. The topological polar surface area (TPSA) is 36.9 Å². The lowest BCUT2D eigenvalue weighted by molar-refractivity contribution is -0.199. The predicted molar refractivity (Wildman–Crippen MR) is 105 cm³/mol. The van der Waals surface area contributed by atoms with Crippen LogP contribution in [0.25, 0.3) is 0 Å². The van der Waals surface area contributed by atoms with Gasteiger partial charge < -0.3 is 18.6 Å². The molecular formula is C21H34B2O4. The molecule has 0 spiro atoms. The molecule has 5 saturated carbocycles. The first kappa shape index (κ1) is 17.8. The van der Waals surface area contributed by atoms with Crippen molar-refractivity contribution >= 4 is 14.0 Å². The molecule has 5 aliphatic carbocycles. The Kier molecular flexibility index (Phi) is 3.29. The standard InChI is InChI=1S/C21H34B2O4/c1-12-9-16-20(5,14-7-8-19(12,14)4)26-22(24-16)23-25-17-11-13-10-15(18(13,2)3)21(17,6)27-23/h12-17H,7-11H2,1-6H3/t12-,13-,14-,15-,16?,17?,19-,20-,21-/m0/s1. The minimum absolute atomic E-state index is 0.170. The molecule has 0 aromatic rings. The fraction of sp³-hybridized carbons (Fsp3) is 1.00. The summed E-state index contributed by atoms with van der Waals surface area (Å²) in [5.74, 6) is 2.63. The molecule has 7 fully saturated rings. The highest BCUT2D eigenvalue weighted by Crippen LogP contribution is 2.67. The van der Waals surface area contributed by atoms with Crippen LogP contribution in [0.2, 0.25) is 0 Å². The van der Waals surface area contributed by atoms with Gasteiger partial charge in [-0.2, -0.15) is 0 Å². The Morgan fingerprint density at radius 3 is 1.93 bits per heavy atom. The van der Waals surface area contributed by atoms with Crippen LogP contribution in [0, 0.1) is 34.5 Å². The molecule has 0 aromatic heterocycles. The van der Waals surface area contributed by atoms with E-state index in [1.165, 1.54) is 19.3 Å². The highest BCUT2D eigenvalue weighted by molar-refractivity contribution is 7.11. The molecule has 0 amide bonds. The molecule has 148 valence electrons. The van der Waals surface area contributed by atoms with Gasteiger partial charge >= 0.3 is 14.0 Å². The van der Waals surface area contributed by atoms with E-state index in [1.54, 1.807) is 0 Å². The van der Waals surface area contributed by atoms with Crippen LogP contribution >= 0.6 is 0 Å². The van der Waals surface area contributed by atoms with Gasteiger partial charge in [0, 0.05) is 0 Å². The highest BCUT2D eigenvalue weighted by atomic mass is 16.7. The molecule has 4 nitrogen and oxygen atoms in total. The van der Waals surface area contributed by atoms with Gasteiger partial charge in [-0.15, -0.1) is 0 Å². The normalized spacial score (nSPS) is 60.2. The van der Waals surface area contributed by atoms with Gasteiger partial charge in [-0.05, 0) is 80.5 Å². The second-order valence-electron chi connectivity index (χ2n) is 11.9. The van der Waals surface area contributed by atoms with Crippen molar-refractivity contribution in [2.75, 3.05) is 0 Å². The van der Waals surface area contributed by atoms with E-state index in [0.717, 1.165) is 18.8 Å². The maximum absolute atomic E-state index is 6.66. The van der Waals surface area contributed by atoms with E-state index < -0.39 is 0 Å². The molecule has 7 rings (SSSR count). The lowest BCUT2D eigenvalue weighted by Crippen LogP contribution is -2.65. The maximum atomic E-state index is 6.66. The Balaban J connectivity index is 1.24. The number of hydrogen-bond acceptors (Lipinski definition) is 4. The van der Waals surface area contributed by atoms with Crippen molar-refractivity contribution in [3.63, 3.8) is 0 Å². The average molecular weight is 372 g/mol. The molecule has 2 heterocycles. The van der Waals surface area contributed by atoms with Crippen molar-refractivity contribution in [1.82, 2.24) is 0 Å². The summed E-state index contributed by atoms with van der Waals surface area (Å²) >= 11 is 0. The van der Waals surface area contributed by atoms with Crippen molar-refractivity contribution in [1.29, 1.82) is 0 Å². The van der Waals surface area contributed by atoms with Crippen LogP contribution < -0.4 is 0 Å². The van der Waals surface area contributed by atoms with E-state index >= 15 is 0 Å². The molecular weight excluding hydrogens is 338 g/mol. The first-order valence-corrected chi connectivity index (χ1v) is 11.3. The van der Waals surface area contributed by atoms with Crippen molar-refractivity contribution in [3.05, 3.63) is 0 Å². The van der Waals surface area contributed by atoms with E-state index in [4.69, 9.17) is 18.6 Å². The molecule has 6 heteroatoms. The monoisotopic (exact) mass is 372 g/mol. The molecule has 2 unspecified atom stereocenters. The van der Waals surface area contributed by atoms with E-state index in [2.05, 4.69) is 41.5 Å².